The summed E-state index contributed by atoms with van der Waals surface area (Å²) >= 11 is 0. The van der Waals surface area contributed by atoms with Crippen molar-refractivity contribution in [3.05, 3.63) is 180 Å². The zero-order valence-corrected chi connectivity index (χ0v) is 23.1. The second-order valence-electron chi connectivity index (χ2n) is 10.2. The SMILES string of the molecule is Oc1ccccc1C(Nc1ccccc1-c1ccccc1NC(c1ccccc1)c1ccccc1O)c1ccccc1. The highest BCUT2D eigenvalue weighted by atomic mass is 16.3. The molecule has 0 aliphatic heterocycles. The summed E-state index contributed by atoms with van der Waals surface area (Å²) < 4.78 is 0. The molecule has 6 aromatic carbocycles. The number of phenolic OH excluding ortho intramolecular Hbond substituents is 2. The summed E-state index contributed by atoms with van der Waals surface area (Å²) in [6.07, 6.45) is 0. The average molecular weight is 549 g/mol. The summed E-state index contributed by atoms with van der Waals surface area (Å²) in [7, 11) is 0. The first kappa shape index (κ1) is 26.7. The fraction of sp³-hybridized carbons (Fsp3) is 0.0526. The quantitative estimate of drug-likeness (QED) is 0.145. The van der Waals surface area contributed by atoms with Gasteiger partial charge in [0, 0.05) is 33.6 Å². The maximum absolute atomic E-state index is 10.8. The fourth-order valence-corrected chi connectivity index (χ4v) is 5.43. The minimum Gasteiger partial charge on any atom is -0.508 e. The number of hydrogen-bond acceptors (Lipinski definition) is 4. The van der Waals surface area contributed by atoms with Gasteiger partial charge in [0.2, 0.25) is 0 Å². The van der Waals surface area contributed by atoms with Gasteiger partial charge in [-0.25, -0.2) is 0 Å². The van der Waals surface area contributed by atoms with E-state index in [-0.39, 0.29) is 23.6 Å². The van der Waals surface area contributed by atoms with E-state index in [1.54, 1.807) is 12.1 Å². The molecule has 0 saturated heterocycles. The second-order valence-corrected chi connectivity index (χ2v) is 10.2. The molecule has 0 saturated carbocycles. The lowest BCUT2D eigenvalue weighted by Gasteiger charge is -2.26. The topological polar surface area (TPSA) is 64.5 Å². The Morgan fingerprint density at radius 2 is 0.690 bits per heavy atom. The monoisotopic (exact) mass is 548 g/mol. The second kappa shape index (κ2) is 12.4. The van der Waals surface area contributed by atoms with Crippen molar-refractivity contribution in [3.63, 3.8) is 0 Å². The first-order chi connectivity index (χ1) is 20.7. The molecule has 4 nitrogen and oxygen atoms in total. The van der Waals surface area contributed by atoms with Gasteiger partial charge in [0.1, 0.15) is 11.5 Å². The summed E-state index contributed by atoms with van der Waals surface area (Å²) in [4.78, 5) is 0. The van der Waals surface area contributed by atoms with Gasteiger partial charge in [-0.15, -0.1) is 0 Å². The Morgan fingerprint density at radius 1 is 0.357 bits per heavy atom. The molecule has 0 amide bonds. The molecule has 0 fully saturated rings. The van der Waals surface area contributed by atoms with Crippen molar-refractivity contribution in [1.82, 2.24) is 0 Å². The van der Waals surface area contributed by atoms with Gasteiger partial charge in [0.25, 0.3) is 0 Å². The summed E-state index contributed by atoms with van der Waals surface area (Å²) in [6.45, 7) is 0. The molecule has 0 radical (unpaired) electrons. The Morgan fingerprint density at radius 3 is 1.10 bits per heavy atom. The molecule has 0 spiro atoms. The zero-order chi connectivity index (χ0) is 28.7. The zero-order valence-electron chi connectivity index (χ0n) is 23.1. The molecule has 0 aliphatic rings. The highest BCUT2D eigenvalue weighted by Gasteiger charge is 2.22. The molecule has 6 aromatic rings. The number of nitrogens with one attached hydrogen (secondary N) is 2. The predicted molar refractivity (Wildman–Crippen MR) is 172 cm³/mol. The lowest BCUT2D eigenvalue weighted by atomic mass is 9.94. The molecule has 0 bridgehead atoms. The van der Waals surface area contributed by atoms with Crippen LogP contribution in [0.5, 0.6) is 11.5 Å². The standard InChI is InChI=1S/C38H32N2O2/c41-35-25-13-9-21-31(35)37(27-15-3-1-4-16-27)39-33-23-11-7-19-29(33)30-20-8-12-24-34(30)40-38(28-17-5-2-6-18-28)32-22-10-14-26-36(32)42/h1-26,37-42H. The Labute approximate surface area is 246 Å². The largest absolute Gasteiger partial charge is 0.508 e. The van der Waals surface area contributed by atoms with Crippen LogP contribution < -0.4 is 10.6 Å². The van der Waals surface area contributed by atoms with Crippen LogP contribution in [0.15, 0.2) is 158 Å². The van der Waals surface area contributed by atoms with Crippen molar-refractivity contribution >= 4 is 11.4 Å². The normalized spacial score (nSPS) is 12.3. The molecule has 2 unspecified atom stereocenters. The van der Waals surface area contributed by atoms with E-state index in [1.165, 1.54) is 0 Å². The van der Waals surface area contributed by atoms with E-state index in [4.69, 9.17) is 0 Å². The highest BCUT2D eigenvalue weighted by molar-refractivity contribution is 5.87. The Hall–Kier alpha value is -5.48. The number of para-hydroxylation sites is 4. The Bertz CT molecular complexity index is 1640. The first-order valence-electron chi connectivity index (χ1n) is 14.1. The minimum atomic E-state index is -0.271. The van der Waals surface area contributed by atoms with Gasteiger partial charge >= 0.3 is 0 Å². The number of aromatic hydroxyl groups is 2. The summed E-state index contributed by atoms with van der Waals surface area (Å²) in [5, 5.41) is 29.1. The predicted octanol–water partition coefficient (Wildman–Crippen LogP) is 9.17. The van der Waals surface area contributed by atoms with Crippen LogP contribution in [0.1, 0.15) is 34.3 Å². The third-order valence-electron chi connectivity index (χ3n) is 7.51. The lowest BCUT2D eigenvalue weighted by molar-refractivity contribution is 0.466. The lowest BCUT2D eigenvalue weighted by Crippen LogP contribution is -2.14. The minimum absolute atomic E-state index is 0.242. The van der Waals surface area contributed by atoms with Gasteiger partial charge in [0.15, 0.2) is 0 Å². The van der Waals surface area contributed by atoms with Crippen LogP contribution in [-0.4, -0.2) is 10.2 Å². The summed E-state index contributed by atoms with van der Waals surface area (Å²) in [5.41, 5.74) is 7.59. The Kier molecular flexibility index (Phi) is 7.87. The third-order valence-corrected chi connectivity index (χ3v) is 7.51. The van der Waals surface area contributed by atoms with Crippen LogP contribution in [-0.2, 0) is 0 Å². The van der Waals surface area contributed by atoms with Crippen molar-refractivity contribution in [3.8, 4) is 22.6 Å². The van der Waals surface area contributed by atoms with Crippen molar-refractivity contribution in [2.75, 3.05) is 10.6 Å². The maximum atomic E-state index is 10.8. The average Bonchev–Trinajstić information content (AvgIpc) is 3.05. The van der Waals surface area contributed by atoms with Gasteiger partial charge in [0.05, 0.1) is 12.1 Å². The van der Waals surface area contributed by atoms with E-state index in [0.717, 1.165) is 44.8 Å². The molecule has 206 valence electrons. The molecule has 0 heterocycles. The van der Waals surface area contributed by atoms with E-state index in [1.807, 2.05) is 97.1 Å². The van der Waals surface area contributed by atoms with Crippen LogP contribution in [0.25, 0.3) is 11.1 Å². The molecule has 42 heavy (non-hydrogen) atoms. The van der Waals surface area contributed by atoms with Crippen molar-refractivity contribution < 1.29 is 10.2 Å². The van der Waals surface area contributed by atoms with E-state index in [9.17, 15) is 10.2 Å². The number of benzene rings is 6. The smallest absolute Gasteiger partial charge is 0.121 e. The Balaban J connectivity index is 1.42. The van der Waals surface area contributed by atoms with Crippen molar-refractivity contribution in [1.29, 1.82) is 0 Å². The van der Waals surface area contributed by atoms with Crippen LogP contribution >= 0.6 is 0 Å². The number of anilines is 2. The van der Waals surface area contributed by atoms with Gasteiger partial charge in [-0.3, -0.25) is 0 Å². The number of rotatable bonds is 9. The van der Waals surface area contributed by atoms with E-state index < -0.39 is 0 Å². The molecular weight excluding hydrogens is 516 g/mol. The summed E-state index contributed by atoms with van der Waals surface area (Å²) in [5.74, 6) is 0.485. The van der Waals surface area contributed by atoms with Crippen LogP contribution in [0, 0.1) is 0 Å². The van der Waals surface area contributed by atoms with Crippen LogP contribution in [0.2, 0.25) is 0 Å². The molecule has 0 aromatic heterocycles. The van der Waals surface area contributed by atoms with Gasteiger partial charge in [-0.05, 0) is 35.4 Å². The number of phenols is 2. The van der Waals surface area contributed by atoms with E-state index in [2.05, 4.69) is 59.2 Å². The van der Waals surface area contributed by atoms with Gasteiger partial charge < -0.3 is 20.8 Å². The van der Waals surface area contributed by atoms with Crippen molar-refractivity contribution in [2.45, 2.75) is 12.1 Å². The third kappa shape index (κ3) is 5.70. The molecule has 6 rings (SSSR count). The first-order valence-corrected chi connectivity index (χ1v) is 14.1. The van der Waals surface area contributed by atoms with Gasteiger partial charge in [-0.2, -0.15) is 0 Å². The molecule has 2 atom stereocenters. The molecule has 4 heteroatoms. The highest BCUT2D eigenvalue weighted by Crippen LogP contribution is 2.40. The molecule has 4 N–H and O–H groups in total. The van der Waals surface area contributed by atoms with Crippen molar-refractivity contribution in [2.24, 2.45) is 0 Å². The maximum Gasteiger partial charge on any atom is 0.121 e. The van der Waals surface area contributed by atoms with Crippen LogP contribution in [0.3, 0.4) is 0 Å². The van der Waals surface area contributed by atoms with Gasteiger partial charge in [-0.1, -0.05) is 133 Å². The number of hydrogen-bond donors (Lipinski definition) is 4. The van der Waals surface area contributed by atoms with E-state index >= 15 is 0 Å². The molecular formula is C38H32N2O2. The summed E-state index contributed by atoms with van der Waals surface area (Å²) in [6, 6.07) is 51.1. The van der Waals surface area contributed by atoms with Crippen LogP contribution in [0.4, 0.5) is 11.4 Å². The van der Waals surface area contributed by atoms with E-state index in [0.29, 0.717) is 0 Å². The fourth-order valence-electron chi connectivity index (χ4n) is 5.43. The molecule has 0 aliphatic carbocycles.